The monoisotopic (exact) mass is 207 g/mol. The maximum atomic E-state index is 5.46. The van der Waals surface area contributed by atoms with Crippen molar-refractivity contribution in [2.75, 3.05) is 26.7 Å². The van der Waals surface area contributed by atoms with Gasteiger partial charge in [0.25, 0.3) is 0 Å². The lowest BCUT2D eigenvalue weighted by molar-refractivity contribution is 0.326. The third-order valence-corrected chi connectivity index (χ3v) is 2.44. The van der Waals surface area contributed by atoms with Gasteiger partial charge in [-0.3, -0.25) is 4.98 Å². The zero-order valence-corrected chi connectivity index (χ0v) is 9.52. The van der Waals surface area contributed by atoms with Crippen LogP contribution in [0, 0.1) is 0 Å². The highest BCUT2D eigenvalue weighted by Crippen LogP contribution is 1.99. The molecular formula is C12H21N3. The molecule has 2 N–H and O–H groups in total. The van der Waals surface area contributed by atoms with Gasteiger partial charge in [0.2, 0.25) is 0 Å². The molecule has 0 saturated heterocycles. The number of hydrogen-bond donors (Lipinski definition) is 1. The second-order valence-electron chi connectivity index (χ2n) is 3.87. The summed E-state index contributed by atoms with van der Waals surface area (Å²) in [6.07, 6.45) is 5.17. The Balaban J connectivity index is 2.11. The molecular weight excluding hydrogens is 186 g/mol. The van der Waals surface area contributed by atoms with Crippen molar-refractivity contribution >= 4 is 0 Å². The molecule has 0 spiro atoms. The topological polar surface area (TPSA) is 42.1 Å². The van der Waals surface area contributed by atoms with Crippen LogP contribution in [0.2, 0.25) is 0 Å². The third-order valence-electron chi connectivity index (χ3n) is 2.44. The summed E-state index contributed by atoms with van der Waals surface area (Å²) in [6, 6.07) is 6.08. The number of aromatic nitrogens is 1. The Bertz CT molecular complexity index is 248. The quantitative estimate of drug-likeness (QED) is 0.732. The standard InChI is InChI=1S/C12H21N3/c1-15(11-5-8-13)10-4-7-12-6-2-3-9-14-12/h2-3,6,9H,4-5,7-8,10-11,13H2,1H3. The van der Waals surface area contributed by atoms with E-state index in [4.69, 9.17) is 5.73 Å². The molecule has 3 nitrogen and oxygen atoms in total. The average Bonchev–Trinajstić information content (AvgIpc) is 2.28. The van der Waals surface area contributed by atoms with Crippen LogP contribution in [0.25, 0.3) is 0 Å². The normalized spacial score (nSPS) is 10.9. The summed E-state index contributed by atoms with van der Waals surface area (Å²) in [7, 11) is 2.15. The van der Waals surface area contributed by atoms with Gasteiger partial charge < -0.3 is 10.6 Å². The Kier molecular flexibility index (Phi) is 5.97. The molecule has 0 unspecified atom stereocenters. The van der Waals surface area contributed by atoms with Crippen molar-refractivity contribution in [3.05, 3.63) is 30.1 Å². The summed E-state index contributed by atoms with van der Waals surface area (Å²) in [5.74, 6) is 0. The molecule has 0 aromatic carbocycles. The lowest BCUT2D eigenvalue weighted by Crippen LogP contribution is -2.23. The number of hydrogen-bond acceptors (Lipinski definition) is 3. The zero-order chi connectivity index (χ0) is 10.9. The van der Waals surface area contributed by atoms with Crippen molar-refractivity contribution in [2.24, 2.45) is 5.73 Å². The summed E-state index contributed by atoms with van der Waals surface area (Å²) in [6.45, 7) is 3.00. The van der Waals surface area contributed by atoms with Gasteiger partial charge in [-0.1, -0.05) is 6.07 Å². The minimum absolute atomic E-state index is 0.782. The molecule has 3 heteroatoms. The summed E-state index contributed by atoms with van der Waals surface area (Å²) < 4.78 is 0. The van der Waals surface area contributed by atoms with Gasteiger partial charge in [0.05, 0.1) is 0 Å². The van der Waals surface area contributed by atoms with Crippen molar-refractivity contribution in [3.8, 4) is 0 Å². The Morgan fingerprint density at radius 2 is 2.07 bits per heavy atom. The molecule has 1 aromatic heterocycles. The van der Waals surface area contributed by atoms with Crippen molar-refractivity contribution in [1.82, 2.24) is 9.88 Å². The predicted octanol–water partition coefficient (Wildman–Crippen LogP) is 1.29. The van der Waals surface area contributed by atoms with Crippen LogP contribution < -0.4 is 5.73 Å². The lowest BCUT2D eigenvalue weighted by atomic mass is 10.2. The second-order valence-corrected chi connectivity index (χ2v) is 3.87. The van der Waals surface area contributed by atoms with Gasteiger partial charge >= 0.3 is 0 Å². The number of nitrogens with two attached hydrogens (primary N) is 1. The van der Waals surface area contributed by atoms with E-state index in [1.165, 1.54) is 5.69 Å². The van der Waals surface area contributed by atoms with Crippen molar-refractivity contribution in [2.45, 2.75) is 19.3 Å². The molecule has 0 atom stereocenters. The molecule has 1 rings (SSSR count). The van der Waals surface area contributed by atoms with Crippen LogP contribution in [0.3, 0.4) is 0 Å². The molecule has 15 heavy (non-hydrogen) atoms. The van der Waals surface area contributed by atoms with Crippen molar-refractivity contribution in [1.29, 1.82) is 0 Å². The number of aryl methyl sites for hydroxylation is 1. The largest absolute Gasteiger partial charge is 0.330 e. The van der Waals surface area contributed by atoms with E-state index in [0.717, 1.165) is 38.9 Å². The smallest absolute Gasteiger partial charge is 0.0404 e. The van der Waals surface area contributed by atoms with E-state index in [0.29, 0.717) is 0 Å². The van der Waals surface area contributed by atoms with E-state index in [1.54, 1.807) is 0 Å². The highest BCUT2D eigenvalue weighted by Gasteiger charge is 1.98. The first-order chi connectivity index (χ1) is 7.33. The van der Waals surface area contributed by atoms with Gasteiger partial charge in [-0.2, -0.15) is 0 Å². The first-order valence-corrected chi connectivity index (χ1v) is 5.61. The maximum Gasteiger partial charge on any atom is 0.0404 e. The lowest BCUT2D eigenvalue weighted by Gasteiger charge is -2.15. The first-order valence-electron chi connectivity index (χ1n) is 5.61. The van der Waals surface area contributed by atoms with E-state index in [9.17, 15) is 0 Å². The zero-order valence-electron chi connectivity index (χ0n) is 9.52. The SMILES string of the molecule is CN(CCCN)CCCc1ccccn1. The van der Waals surface area contributed by atoms with Crippen LogP contribution in [0.15, 0.2) is 24.4 Å². The van der Waals surface area contributed by atoms with Gasteiger partial charge in [0.15, 0.2) is 0 Å². The molecule has 1 heterocycles. The molecule has 0 aliphatic heterocycles. The molecule has 0 aliphatic carbocycles. The van der Waals surface area contributed by atoms with Crippen molar-refractivity contribution < 1.29 is 0 Å². The van der Waals surface area contributed by atoms with Crippen LogP contribution in [0.4, 0.5) is 0 Å². The van der Waals surface area contributed by atoms with E-state index >= 15 is 0 Å². The van der Waals surface area contributed by atoms with Gasteiger partial charge in [-0.05, 0) is 58.1 Å². The highest BCUT2D eigenvalue weighted by atomic mass is 15.1. The van der Waals surface area contributed by atoms with E-state index in [-0.39, 0.29) is 0 Å². The summed E-state index contributed by atoms with van der Waals surface area (Å²) in [4.78, 5) is 6.63. The van der Waals surface area contributed by atoms with Gasteiger partial charge in [-0.15, -0.1) is 0 Å². The summed E-state index contributed by atoms with van der Waals surface area (Å²) in [5, 5.41) is 0. The van der Waals surface area contributed by atoms with E-state index in [2.05, 4.69) is 23.0 Å². The fraction of sp³-hybridized carbons (Fsp3) is 0.583. The van der Waals surface area contributed by atoms with Crippen LogP contribution in [-0.2, 0) is 6.42 Å². The number of rotatable bonds is 7. The second kappa shape index (κ2) is 7.37. The Hall–Kier alpha value is -0.930. The number of nitrogens with zero attached hydrogens (tertiary/aromatic N) is 2. The Morgan fingerprint density at radius 3 is 2.73 bits per heavy atom. The van der Waals surface area contributed by atoms with Gasteiger partial charge in [0, 0.05) is 11.9 Å². The van der Waals surface area contributed by atoms with Gasteiger partial charge in [0.1, 0.15) is 0 Å². The molecule has 0 aliphatic rings. The van der Waals surface area contributed by atoms with Gasteiger partial charge in [-0.25, -0.2) is 0 Å². The van der Waals surface area contributed by atoms with Crippen LogP contribution in [0.1, 0.15) is 18.5 Å². The predicted molar refractivity (Wildman–Crippen MR) is 63.7 cm³/mol. The minimum atomic E-state index is 0.782. The molecule has 0 radical (unpaired) electrons. The minimum Gasteiger partial charge on any atom is -0.330 e. The average molecular weight is 207 g/mol. The van der Waals surface area contributed by atoms with Crippen molar-refractivity contribution in [3.63, 3.8) is 0 Å². The van der Waals surface area contributed by atoms with E-state index < -0.39 is 0 Å². The Morgan fingerprint density at radius 1 is 1.27 bits per heavy atom. The fourth-order valence-electron chi connectivity index (χ4n) is 1.55. The highest BCUT2D eigenvalue weighted by molar-refractivity contribution is 5.03. The maximum absolute atomic E-state index is 5.46. The van der Waals surface area contributed by atoms with Crippen LogP contribution in [-0.4, -0.2) is 36.6 Å². The van der Waals surface area contributed by atoms with Crippen LogP contribution >= 0.6 is 0 Å². The summed E-state index contributed by atoms with van der Waals surface area (Å²) >= 11 is 0. The number of pyridine rings is 1. The molecule has 84 valence electrons. The molecule has 0 saturated carbocycles. The molecule has 0 fully saturated rings. The molecule has 0 bridgehead atoms. The Labute approximate surface area is 92.3 Å². The third kappa shape index (κ3) is 5.50. The fourth-order valence-corrected chi connectivity index (χ4v) is 1.55. The molecule has 1 aromatic rings. The summed E-state index contributed by atoms with van der Waals surface area (Å²) in [5.41, 5.74) is 6.64. The van der Waals surface area contributed by atoms with Crippen LogP contribution in [0.5, 0.6) is 0 Å². The first kappa shape index (κ1) is 12.1. The molecule has 0 amide bonds. The van der Waals surface area contributed by atoms with E-state index in [1.807, 2.05) is 18.3 Å².